The summed E-state index contributed by atoms with van der Waals surface area (Å²) in [4.78, 5) is 10.4. The van der Waals surface area contributed by atoms with Gasteiger partial charge in [0.2, 0.25) is 0 Å². The fourth-order valence-electron chi connectivity index (χ4n) is 7.48. The molecule has 10 rings (SSSR count). The number of hydrogen-bond acceptors (Lipinski definition) is 4. The third kappa shape index (κ3) is 5.67. The molecular formula is C49H33N3O. The number of amidine groups is 2. The smallest absolute Gasteiger partial charge is 0.159 e. The third-order valence-corrected chi connectivity index (χ3v) is 10.2. The lowest BCUT2D eigenvalue weighted by atomic mass is 9.95. The molecule has 8 aromatic carbocycles. The van der Waals surface area contributed by atoms with Crippen LogP contribution < -0.4 is 5.32 Å². The molecule has 1 N–H and O–H groups in total. The van der Waals surface area contributed by atoms with Crippen LogP contribution in [0.3, 0.4) is 0 Å². The largest absolute Gasteiger partial charge is 0.456 e. The standard InChI is InChI=1S/C49H33N3O/c1-3-11-32(12-4-1)34-21-23-35(24-22-34)36-25-28-38(29-26-36)48-50-47(37-14-5-2-6-15-37)51-49(52-48)42-18-10-20-44-46(42)45-41(17-9-19-43(45)53-44)40-30-27-33-13-7-8-16-39(33)31-40/h1-31,47H,(H,50,51,52). The first-order valence-corrected chi connectivity index (χ1v) is 17.9. The first-order chi connectivity index (χ1) is 26.2. The van der Waals surface area contributed by atoms with Crippen LogP contribution in [0.1, 0.15) is 22.9 Å². The van der Waals surface area contributed by atoms with Gasteiger partial charge in [0.05, 0.1) is 0 Å². The van der Waals surface area contributed by atoms with Gasteiger partial charge < -0.3 is 9.73 Å². The summed E-state index contributed by atoms with van der Waals surface area (Å²) in [6.07, 6.45) is -0.322. The Morgan fingerprint density at radius 3 is 1.62 bits per heavy atom. The lowest BCUT2D eigenvalue weighted by molar-refractivity contribution is 0.668. The minimum atomic E-state index is -0.322. The lowest BCUT2D eigenvalue weighted by Crippen LogP contribution is -2.33. The summed E-state index contributed by atoms with van der Waals surface area (Å²) in [6, 6.07) is 65.8. The predicted octanol–water partition coefficient (Wildman–Crippen LogP) is 12.2. The zero-order valence-electron chi connectivity index (χ0n) is 28.8. The Morgan fingerprint density at radius 2 is 0.943 bits per heavy atom. The molecule has 0 aliphatic carbocycles. The van der Waals surface area contributed by atoms with Crippen molar-refractivity contribution in [2.24, 2.45) is 9.98 Å². The van der Waals surface area contributed by atoms with Crippen LogP contribution in [0.2, 0.25) is 0 Å². The molecule has 0 saturated heterocycles. The Balaban J connectivity index is 1.07. The van der Waals surface area contributed by atoms with E-state index in [1.165, 1.54) is 21.9 Å². The van der Waals surface area contributed by atoms with E-state index in [4.69, 9.17) is 14.4 Å². The highest BCUT2D eigenvalue weighted by atomic mass is 16.3. The molecular weight excluding hydrogens is 647 g/mol. The Hall–Kier alpha value is -7.04. The summed E-state index contributed by atoms with van der Waals surface area (Å²) in [5, 5.41) is 8.21. The van der Waals surface area contributed by atoms with E-state index in [-0.39, 0.29) is 6.17 Å². The monoisotopic (exact) mass is 679 g/mol. The van der Waals surface area contributed by atoms with Crippen molar-refractivity contribution in [1.29, 1.82) is 0 Å². The zero-order valence-corrected chi connectivity index (χ0v) is 28.8. The molecule has 2 heterocycles. The number of benzene rings is 8. The van der Waals surface area contributed by atoms with Crippen LogP contribution in [-0.4, -0.2) is 11.7 Å². The van der Waals surface area contributed by atoms with Gasteiger partial charge in [0.1, 0.15) is 23.2 Å². The fraction of sp³-hybridized carbons (Fsp3) is 0.0204. The van der Waals surface area contributed by atoms with Gasteiger partial charge in [0, 0.05) is 21.9 Å². The molecule has 4 nitrogen and oxygen atoms in total. The van der Waals surface area contributed by atoms with Crippen LogP contribution in [0.15, 0.2) is 202 Å². The zero-order chi connectivity index (χ0) is 35.1. The number of rotatable bonds is 6. The van der Waals surface area contributed by atoms with Crippen LogP contribution >= 0.6 is 0 Å². The van der Waals surface area contributed by atoms with E-state index in [1.54, 1.807) is 0 Å². The van der Waals surface area contributed by atoms with Crippen molar-refractivity contribution in [1.82, 2.24) is 5.32 Å². The molecule has 0 bridgehead atoms. The van der Waals surface area contributed by atoms with Gasteiger partial charge in [-0.05, 0) is 67.9 Å². The molecule has 0 fully saturated rings. The second kappa shape index (κ2) is 12.9. The van der Waals surface area contributed by atoms with Crippen molar-refractivity contribution in [3.05, 3.63) is 205 Å². The first-order valence-electron chi connectivity index (χ1n) is 17.9. The van der Waals surface area contributed by atoms with Gasteiger partial charge >= 0.3 is 0 Å². The number of aliphatic imine (C=N–C) groups is 2. The van der Waals surface area contributed by atoms with Gasteiger partial charge in [-0.25, -0.2) is 9.98 Å². The van der Waals surface area contributed by atoms with E-state index in [0.717, 1.165) is 66.7 Å². The summed E-state index contributed by atoms with van der Waals surface area (Å²) in [5.41, 5.74) is 11.6. The van der Waals surface area contributed by atoms with Gasteiger partial charge in [0.25, 0.3) is 0 Å². The van der Waals surface area contributed by atoms with Crippen molar-refractivity contribution in [2.45, 2.75) is 6.17 Å². The lowest BCUT2D eigenvalue weighted by Gasteiger charge is -2.24. The first kappa shape index (κ1) is 30.8. The summed E-state index contributed by atoms with van der Waals surface area (Å²) in [6.45, 7) is 0. The highest BCUT2D eigenvalue weighted by molar-refractivity contribution is 6.24. The van der Waals surface area contributed by atoms with E-state index in [2.05, 4.69) is 169 Å². The molecule has 0 radical (unpaired) electrons. The van der Waals surface area contributed by atoms with Gasteiger partial charge in [-0.2, -0.15) is 0 Å². The molecule has 0 saturated carbocycles. The number of fused-ring (bicyclic) bond motifs is 4. The van der Waals surface area contributed by atoms with Gasteiger partial charge in [0.15, 0.2) is 5.84 Å². The maximum atomic E-state index is 6.53. The molecule has 0 spiro atoms. The average molecular weight is 680 g/mol. The van der Waals surface area contributed by atoms with Crippen molar-refractivity contribution < 1.29 is 4.42 Å². The molecule has 9 aromatic rings. The van der Waals surface area contributed by atoms with E-state index < -0.39 is 0 Å². The summed E-state index contributed by atoms with van der Waals surface area (Å²) >= 11 is 0. The van der Waals surface area contributed by atoms with Crippen LogP contribution in [0.25, 0.3) is 66.1 Å². The molecule has 4 heteroatoms. The van der Waals surface area contributed by atoms with E-state index >= 15 is 0 Å². The Kier molecular flexibility index (Phi) is 7.51. The molecule has 1 aliphatic heterocycles. The molecule has 53 heavy (non-hydrogen) atoms. The second-order valence-corrected chi connectivity index (χ2v) is 13.4. The summed E-state index contributed by atoms with van der Waals surface area (Å²) < 4.78 is 6.53. The SMILES string of the molecule is c1ccc(-c2ccc(-c3ccc(C4=NC(c5ccccc5)NC(c5cccc6oc7cccc(-c8ccc9ccccc9c8)c7c56)=N4)cc3)cc2)cc1. The maximum absolute atomic E-state index is 6.53. The topological polar surface area (TPSA) is 49.9 Å². The molecule has 1 atom stereocenters. The maximum Gasteiger partial charge on any atom is 0.159 e. The Labute approximate surface area is 307 Å². The number of furan rings is 1. The quantitative estimate of drug-likeness (QED) is 0.190. The molecule has 1 aliphatic rings. The van der Waals surface area contributed by atoms with Gasteiger partial charge in [-0.1, -0.05) is 170 Å². The molecule has 1 unspecified atom stereocenters. The number of nitrogens with one attached hydrogen (secondary N) is 1. The van der Waals surface area contributed by atoms with Crippen molar-refractivity contribution in [2.75, 3.05) is 0 Å². The average Bonchev–Trinajstić information content (AvgIpc) is 3.63. The number of hydrogen-bond donors (Lipinski definition) is 1. The predicted molar refractivity (Wildman–Crippen MR) is 219 cm³/mol. The molecule has 1 aromatic heterocycles. The third-order valence-electron chi connectivity index (χ3n) is 10.2. The van der Waals surface area contributed by atoms with E-state index in [0.29, 0.717) is 5.84 Å². The second-order valence-electron chi connectivity index (χ2n) is 13.4. The van der Waals surface area contributed by atoms with E-state index in [9.17, 15) is 0 Å². The van der Waals surface area contributed by atoms with Gasteiger partial charge in [-0.3, -0.25) is 0 Å². The van der Waals surface area contributed by atoms with Gasteiger partial charge in [-0.15, -0.1) is 0 Å². The highest BCUT2D eigenvalue weighted by Crippen LogP contribution is 2.40. The fourth-order valence-corrected chi connectivity index (χ4v) is 7.48. The van der Waals surface area contributed by atoms with Crippen LogP contribution in [-0.2, 0) is 0 Å². The van der Waals surface area contributed by atoms with Crippen LogP contribution in [0.5, 0.6) is 0 Å². The van der Waals surface area contributed by atoms with Crippen LogP contribution in [0, 0.1) is 0 Å². The molecule has 0 amide bonds. The van der Waals surface area contributed by atoms with Crippen molar-refractivity contribution in [3.8, 4) is 33.4 Å². The van der Waals surface area contributed by atoms with Crippen molar-refractivity contribution >= 4 is 44.4 Å². The number of nitrogens with zero attached hydrogens (tertiary/aromatic N) is 2. The minimum absolute atomic E-state index is 0.322. The van der Waals surface area contributed by atoms with E-state index in [1.807, 2.05) is 24.3 Å². The van der Waals surface area contributed by atoms with Crippen molar-refractivity contribution in [3.63, 3.8) is 0 Å². The van der Waals surface area contributed by atoms with Crippen LogP contribution in [0.4, 0.5) is 0 Å². The highest BCUT2D eigenvalue weighted by Gasteiger charge is 2.25. The summed E-state index contributed by atoms with van der Waals surface area (Å²) in [7, 11) is 0. The minimum Gasteiger partial charge on any atom is -0.456 e. The summed E-state index contributed by atoms with van der Waals surface area (Å²) in [5.74, 6) is 1.43. The Morgan fingerprint density at radius 1 is 0.415 bits per heavy atom. The molecule has 250 valence electrons. The normalized spacial score (nSPS) is 14.2. The Bertz CT molecular complexity index is 2830.